The number of rotatable bonds is 4. The summed E-state index contributed by atoms with van der Waals surface area (Å²) in [6.45, 7) is 0.507. The lowest BCUT2D eigenvalue weighted by Crippen LogP contribution is -2.42. The molecule has 1 amide bonds. The minimum atomic E-state index is -4.63. The first-order chi connectivity index (χ1) is 13.7. The molecule has 1 aliphatic heterocycles. The van der Waals surface area contributed by atoms with Crippen molar-refractivity contribution in [1.82, 2.24) is 14.9 Å². The molecule has 0 spiro atoms. The molecule has 2 aromatic rings. The molecule has 0 atom stereocenters. The molecule has 3 rings (SSSR count). The molecule has 0 bridgehead atoms. The van der Waals surface area contributed by atoms with Crippen LogP contribution in [0.1, 0.15) is 35.7 Å². The molecule has 0 aromatic carbocycles. The monoisotopic (exact) mass is 445 g/mol. The van der Waals surface area contributed by atoms with E-state index >= 15 is 0 Å². The fourth-order valence-corrected chi connectivity index (χ4v) is 3.78. The Morgan fingerprint density at radius 1 is 1.10 bits per heavy atom. The Balaban J connectivity index is 1.62. The van der Waals surface area contributed by atoms with Crippen molar-refractivity contribution in [2.45, 2.75) is 31.4 Å². The van der Waals surface area contributed by atoms with Crippen LogP contribution in [-0.4, -0.2) is 39.6 Å². The Bertz CT molecular complexity index is 912. The van der Waals surface area contributed by atoms with E-state index in [0.717, 1.165) is 6.20 Å². The quantitative estimate of drug-likeness (QED) is 0.657. The summed E-state index contributed by atoms with van der Waals surface area (Å²) in [5.74, 6) is -1.47. The molecule has 0 N–H and O–H groups in total. The Labute approximate surface area is 174 Å². The second-order valence-corrected chi connectivity index (χ2v) is 7.51. The van der Waals surface area contributed by atoms with E-state index in [4.69, 9.17) is 23.2 Å². The number of alkyl halides is 3. The molecule has 0 saturated carbocycles. The van der Waals surface area contributed by atoms with Gasteiger partial charge in [0.05, 0.1) is 16.5 Å². The first kappa shape index (κ1) is 21.5. The van der Waals surface area contributed by atoms with Gasteiger partial charge in [0.15, 0.2) is 5.69 Å². The maximum absolute atomic E-state index is 13.0. The van der Waals surface area contributed by atoms with Crippen LogP contribution in [-0.2, 0) is 22.2 Å². The third-order valence-electron chi connectivity index (χ3n) is 4.78. The van der Waals surface area contributed by atoms with Gasteiger partial charge in [-0.05, 0) is 42.5 Å². The summed E-state index contributed by atoms with van der Waals surface area (Å²) in [4.78, 5) is 33.4. The maximum Gasteiger partial charge on any atom is 0.434 e. The van der Waals surface area contributed by atoms with Crippen LogP contribution in [0.4, 0.5) is 13.2 Å². The number of hydrogen-bond acceptors (Lipinski definition) is 4. The maximum atomic E-state index is 13.0. The number of ketones is 1. The Hall–Kier alpha value is -2.19. The average molecular weight is 446 g/mol. The van der Waals surface area contributed by atoms with Crippen LogP contribution in [0.2, 0.25) is 10.0 Å². The van der Waals surface area contributed by atoms with Crippen LogP contribution >= 0.6 is 23.2 Å². The minimum Gasteiger partial charge on any atom is -0.336 e. The van der Waals surface area contributed by atoms with Gasteiger partial charge < -0.3 is 4.90 Å². The highest BCUT2D eigenvalue weighted by molar-refractivity contribution is 6.36. The van der Waals surface area contributed by atoms with Crippen molar-refractivity contribution < 1.29 is 22.8 Å². The molecule has 0 radical (unpaired) electrons. The summed E-state index contributed by atoms with van der Waals surface area (Å²) in [6.07, 6.45) is -1.48. The molecular weight excluding hydrogens is 430 g/mol. The van der Waals surface area contributed by atoms with Gasteiger partial charge in [0.1, 0.15) is 0 Å². The van der Waals surface area contributed by atoms with Gasteiger partial charge in [0.25, 0.3) is 5.91 Å². The molecule has 2 aromatic heterocycles. The molecule has 1 aliphatic rings. The zero-order chi connectivity index (χ0) is 21.2. The molecule has 3 heterocycles. The zero-order valence-electron chi connectivity index (χ0n) is 15.0. The van der Waals surface area contributed by atoms with Crippen LogP contribution in [0, 0.1) is 0 Å². The highest BCUT2D eigenvalue weighted by atomic mass is 35.5. The third-order valence-corrected chi connectivity index (χ3v) is 5.40. The van der Waals surface area contributed by atoms with Gasteiger partial charge in [-0.2, -0.15) is 13.2 Å². The molecule has 0 unspecified atom stereocenters. The number of nitrogens with zero attached hydrogens (tertiary/aromatic N) is 3. The van der Waals surface area contributed by atoms with E-state index in [1.54, 1.807) is 12.1 Å². The largest absolute Gasteiger partial charge is 0.434 e. The first-order valence-corrected chi connectivity index (χ1v) is 9.56. The van der Waals surface area contributed by atoms with Crippen molar-refractivity contribution in [3.05, 3.63) is 57.6 Å². The number of carbonyl (C=O) groups excluding carboxylic acids is 2. The molecule has 1 saturated heterocycles. The molecule has 10 heteroatoms. The summed E-state index contributed by atoms with van der Waals surface area (Å²) in [6, 6.07) is 4.63. The Kier molecular flexibility index (Phi) is 6.43. The van der Waals surface area contributed by atoms with Crippen LogP contribution in [0.15, 0.2) is 30.6 Å². The number of halogens is 5. The Morgan fingerprint density at radius 3 is 2.38 bits per heavy atom. The van der Waals surface area contributed by atoms with Crippen molar-refractivity contribution in [2.75, 3.05) is 13.1 Å². The number of likely N-dealkylation sites (tertiary alicyclic amines) is 1. The van der Waals surface area contributed by atoms with Crippen molar-refractivity contribution in [1.29, 1.82) is 0 Å². The molecule has 5 nitrogen and oxygen atoms in total. The van der Waals surface area contributed by atoms with Crippen LogP contribution in [0.5, 0.6) is 0 Å². The molecule has 1 fully saturated rings. The van der Waals surface area contributed by atoms with Gasteiger partial charge in [-0.15, -0.1) is 0 Å². The van der Waals surface area contributed by atoms with Crippen molar-refractivity contribution >= 4 is 34.9 Å². The molecule has 0 aliphatic carbocycles. The summed E-state index contributed by atoms with van der Waals surface area (Å²) in [5, 5.41) is 0.0210. The lowest BCUT2D eigenvalue weighted by atomic mass is 9.89. The minimum absolute atomic E-state index is 0.138. The van der Waals surface area contributed by atoms with E-state index in [9.17, 15) is 22.8 Å². The molecule has 154 valence electrons. The fraction of sp³-hybridized carbons (Fsp3) is 0.368. The van der Waals surface area contributed by atoms with Gasteiger partial charge in [0, 0.05) is 31.2 Å². The van der Waals surface area contributed by atoms with E-state index in [0.29, 0.717) is 29.1 Å². The zero-order valence-corrected chi connectivity index (χ0v) is 16.6. The van der Waals surface area contributed by atoms with Gasteiger partial charge in [-0.3, -0.25) is 19.6 Å². The first-order valence-electron chi connectivity index (χ1n) is 8.81. The third kappa shape index (κ3) is 5.05. The normalized spacial score (nSPS) is 15.4. The van der Waals surface area contributed by atoms with E-state index in [-0.39, 0.29) is 25.4 Å². The van der Waals surface area contributed by atoms with Crippen molar-refractivity contribution in [2.24, 2.45) is 0 Å². The summed E-state index contributed by atoms with van der Waals surface area (Å²) in [5.41, 5.74) is -0.315. The summed E-state index contributed by atoms with van der Waals surface area (Å²) >= 11 is 11.7. The standard InChI is InChI=1S/C19H16Cl2F3N3O2/c20-12-1-2-13(26-10-12)9-15(28)18(29)27-7-4-11(5-8-27)14-3-6-25-17(16(14)21)19(22,23)24/h1-3,6,10-11H,4-5,7-9H2. The number of Topliss-reactive ketones (excluding diaryl/α,β-unsaturated/α-hetero) is 1. The highest BCUT2D eigenvalue weighted by Crippen LogP contribution is 2.39. The Morgan fingerprint density at radius 2 is 1.79 bits per heavy atom. The number of aromatic nitrogens is 2. The van der Waals surface area contributed by atoms with Gasteiger partial charge in [0.2, 0.25) is 5.78 Å². The van der Waals surface area contributed by atoms with Crippen molar-refractivity contribution in [3.8, 4) is 0 Å². The second-order valence-electron chi connectivity index (χ2n) is 6.69. The van der Waals surface area contributed by atoms with E-state index in [1.807, 2.05) is 0 Å². The van der Waals surface area contributed by atoms with Crippen LogP contribution < -0.4 is 0 Å². The predicted molar refractivity (Wildman–Crippen MR) is 101 cm³/mol. The number of pyridine rings is 2. The SMILES string of the molecule is O=C(Cc1ccc(Cl)cn1)C(=O)N1CCC(c2ccnc(C(F)(F)F)c2Cl)CC1. The number of amides is 1. The number of hydrogen-bond donors (Lipinski definition) is 0. The molecular formula is C19H16Cl2F3N3O2. The fourth-order valence-electron chi connectivity index (χ4n) is 3.29. The summed E-state index contributed by atoms with van der Waals surface area (Å²) in [7, 11) is 0. The molecule has 29 heavy (non-hydrogen) atoms. The van der Waals surface area contributed by atoms with Crippen LogP contribution in [0.25, 0.3) is 0 Å². The summed E-state index contributed by atoms with van der Waals surface area (Å²) < 4.78 is 39.0. The van der Waals surface area contributed by atoms with Gasteiger partial charge in [-0.1, -0.05) is 23.2 Å². The van der Waals surface area contributed by atoms with Gasteiger partial charge in [-0.25, -0.2) is 0 Å². The topological polar surface area (TPSA) is 63.2 Å². The highest BCUT2D eigenvalue weighted by Gasteiger charge is 2.37. The van der Waals surface area contributed by atoms with Gasteiger partial charge >= 0.3 is 6.18 Å². The number of piperidine rings is 1. The smallest absolute Gasteiger partial charge is 0.336 e. The second kappa shape index (κ2) is 8.67. The lowest BCUT2D eigenvalue weighted by Gasteiger charge is -2.32. The van der Waals surface area contributed by atoms with Crippen LogP contribution in [0.3, 0.4) is 0 Å². The van der Waals surface area contributed by atoms with E-state index < -0.39 is 28.6 Å². The predicted octanol–water partition coefficient (Wildman–Crippen LogP) is 4.32. The lowest BCUT2D eigenvalue weighted by molar-refractivity contribution is -0.145. The van der Waals surface area contributed by atoms with Crippen molar-refractivity contribution in [3.63, 3.8) is 0 Å². The number of carbonyl (C=O) groups is 2. The average Bonchev–Trinajstić information content (AvgIpc) is 2.68. The van der Waals surface area contributed by atoms with E-state index in [2.05, 4.69) is 9.97 Å². The van der Waals surface area contributed by atoms with E-state index in [1.165, 1.54) is 17.2 Å².